The highest BCUT2D eigenvalue weighted by molar-refractivity contribution is 5.95. The van der Waals surface area contributed by atoms with E-state index < -0.39 is 0 Å². The van der Waals surface area contributed by atoms with Gasteiger partial charge in [-0.2, -0.15) is 0 Å². The second-order valence-electron chi connectivity index (χ2n) is 9.12. The number of nitrogens with zero attached hydrogens (tertiary/aromatic N) is 2. The van der Waals surface area contributed by atoms with Crippen LogP contribution in [0.2, 0.25) is 0 Å². The number of likely N-dealkylation sites (tertiary alicyclic amines) is 1. The average molecular weight is 421 g/mol. The number of hydrogen-bond donors (Lipinski definition) is 2. The Morgan fingerprint density at radius 3 is 2.74 bits per heavy atom. The third-order valence-electron chi connectivity index (χ3n) is 6.73. The fourth-order valence-corrected chi connectivity index (χ4v) is 4.73. The maximum Gasteiger partial charge on any atom is 0.144 e. The van der Waals surface area contributed by atoms with Crippen LogP contribution in [0.4, 0.5) is 0 Å². The summed E-state index contributed by atoms with van der Waals surface area (Å²) in [5, 5.41) is 3.76. The Kier molecular flexibility index (Phi) is 7.33. The molecule has 0 aromatic rings. The first-order valence-corrected chi connectivity index (χ1v) is 12.0. The number of hydrogen-bond acceptors (Lipinski definition) is 4. The summed E-state index contributed by atoms with van der Waals surface area (Å²) in [5.41, 5.74) is 14.0. The van der Waals surface area contributed by atoms with Gasteiger partial charge >= 0.3 is 0 Å². The van der Waals surface area contributed by atoms with E-state index in [9.17, 15) is 0 Å². The molecule has 4 heteroatoms. The third-order valence-corrected chi connectivity index (χ3v) is 6.73. The molecule has 0 spiro atoms. The molecule has 0 amide bonds. The monoisotopic (exact) mass is 420 g/mol. The molecule has 2 heterocycles. The van der Waals surface area contributed by atoms with Gasteiger partial charge in [0.2, 0.25) is 0 Å². The van der Waals surface area contributed by atoms with Gasteiger partial charge in [0, 0.05) is 18.0 Å². The summed E-state index contributed by atoms with van der Waals surface area (Å²) in [6.45, 7) is 13.9. The number of nitrogens with two attached hydrogens (primary N) is 1. The van der Waals surface area contributed by atoms with Crippen LogP contribution in [-0.2, 0) is 0 Å². The number of rotatable bonds is 8. The zero-order chi connectivity index (χ0) is 22.5. The van der Waals surface area contributed by atoms with Crippen LogP contribution in [0.3, 0.4) is 0 Å². The van der Waals surface area contributed by atoms with Gasteiger partial charge in [-0.15, -0.1) is 0 Å². The topological polar surface area (TPSA) is 53.7 Å². The first-order chi connectivity index (χ1) is 14.9. The molecule has 3 rings (SSSR count). The van der Waals surface area contributed by atoms with Crippen LogP contribution < -0.4 is 11.1 Å². The number of allylic oxidation sites excluding steroid dienone is 4. The van der Waals surface area contributed by atoms with E-state index >= 15 is 0 Å². The van der Waals surface area contributed by atoms with Crippen molar-refractivity contribution in [2.24, 2.45) is 10.7 Å². The highest BCUT2D eigenvalue weighted by Crippen LogP contribution is 2.47. The lowest BCUT2D eigenvalue weighted by molar-refractivity contribution is 0.215. The summed E-state index contributed by atoms with van der Waals surface area (Å²) in [7, 11) is 0. The Morgan fingerprint density at radius 1 is 1.32 bits per heavy atom. The normalized spacial score (nSPS) is 25.0. The largest absolute Gasteiger partial charge is 0.379 e. The van der Waals surface area contributed by atoms with Crippen LogP contribution >= 0.6 is 0 Å². The highest BCUT2D eigenvalue weighted by atomic mass is 15.3. The summed E-state index contributed by atoms with van der Waals surface area (Å²) < 4.78 is 0. The smallest absolute Gasteiger partial charge is 0.144 e. The summed E-state index contributed by atoms with van der Waals surface area (Å²) >= 11 is 0. The number of nitrogens with one attached hydrogen (secondary N) is 1. The zero-order valence-electron chi connectivity index (χ0n) is 19.9. The molecule has 0 aromatic heterocycles. The second-order valence-corrected chi connectivity index (χ2v) is 9.12. The van der Waals surface area contributed by atoms with E-state index in [1.165, 1.54) is 17.0 Å². The maximum atomic E-state index is 6.41. The van der Waals surface area contributed by atoms with Crippen molar-refractivity contribution in [3.05, 3.63) is 65.5 Å². The Hall–Kier alpha value is -2.45. The molecule has 1 saturated carbocycles. The van der Waals surface area contributed by atoms with Crippen LogP contribution in [0, 0.1) is 0 Å². The molecular weight excluding hydrogens is 380 g/mol. The molecule has 1 aliphatic carbocycles. The molecule has 1 saturated heterocycles. The van der Waals surface area contributed by atoms with Crippen LogP contribution in [0.15, 0.2) is 70.5 Å². The maximum absolute atomic E-state index is 6.41. The van der Waals surface area contributed by atoms with Crippen LogP contribution in [0.1, 0.15) is 79.1 Å². The standard InChI is InChI=1S/C27H40N4/c1-6-9-14-22(12-7-2)21(4)30-27(18-19-27)24-16-17-26(5)23(29-24)15-10-11-20-31(26)25(28)13-8-3/h8-9,12,14,16,30H,4,6-7,10-11,15,17-20,28H2,1-3,5H3/b14-9-,22-12+. The molecule has 0 aromatic carbocycles. The fourth-order valence-electron chi connectivity index (χ4n) is 4.73. The van der Waals surface area contributed by atoms with Crippen molar-refractivity contribution in [1.29, 1.82) is 0 Å². The Balaban J connectivity index is 1.84. The summed E-state index contributed by atoms with van der Waals surface area (Å²) in [5.74, 6) is 0.723. The van der Waals surface area contributed by atoms with Crippen LogP contribution in [0.25, 0.3) is 0 Å². The van der Waals surface area contributed by atoms with Gasteiger partial charge in [-0.3, -0.25) is 4.99 Å². The van der Waals surface area contributed by atoms with E-state index in [4.69, 9.17) is 10.7 Å². The zero-order valence-corrected chi connectivity index (χ0v) is 19.9. The van der Waals surface area contributed by atoms with Gasteiger partial charge in [-0.1, -0.05) is 50.5 Å². The van der Waals surface area contributed by atoms with Crippen LogP contribution in [0.5, 0.6) is 0 Å². The Labute approximate surface area is 189 Å². The van der Waals surface area contributed by atoms with Gasteiger partial charge in [-0.25, -0.2) is 0 Å². The summed E-state index contributed by atoms with van der Waals surface area (Å²) in [4.78, 5) is 7.59. The van der Waals surface area contributed by atoms with Crippen molar-refractivity contribution in [2.75, 3.05) is 6.54 Å². The van der Waals surface area contributed by atoms with Crippen molar-refractivity contribution in [2.45, 2.75) is 90.1 Å². The lowest BCUT2D eigenvalue weighted by Crippen LogP contribution is -2.53. The van der Waals surface area contributed by atoms with Gasteiger partial charge in [0.15, 0.2) is 0 Å². The van der Waals surface area contributed by atoms with Gasteiger partial charge in [0.05, 0.1) is 16.8 Å². The first kappa shape index (κ1) is 23.2. The average Bonchev–Trinajstić information content (AvgIpc) is 3.54. The Bertz CT molecular complexity index is 875. The molecule has 0 radical (unpaired) electrons. The molecule has 1 atom stereocenters. The van der Waals surface area contributed by atoms with Gasteiger partial charge in [-0.05, 0) is 76.9 Å². The van der Waals surface area contributed by atoms with E-state index in [-0.39, 0.29) is 11.1 Å². The van der Waals surface area contributed by atoms with Crippen molar-refractivity contribution < 1.29 is 0 Å². The number of aliphatic imine (C=N–C) groups is 1. The molecule has 0 bridgehead atoms. The first-order valence-electron chi connectivity index (χ1n) is 12.0. The lowest BCUT2D eigenvalue weighted by atomic mass is 9.84. The molecule has 2 fully saturated rings. The molecule has 168 valence electrons. The summed E-state index contributed by atoms with van der Waals surface area (Å²) in [6, 6.07) is 0. The van der Waals surface area contributed by atoms with E-state index in [0.29, 0.717) is 0 Å². The Morgan fingerprint density at radius 2 is 2.10 bits per heavy atom. The van der Waals surface area contributed by atoms with Gasteiger partial charge < -0.3 is 16.0 Å². The fraction of sp³-hybridized carbons (Fsp3) is 0.556. The van der Waals surface area contributed by atoms with Gasteiger partial charge in [0.25, 0.3) is 0 Å². The highest BCUT2D eigenvalue weighted by Gasteiger charge is 2.50. The third kappa shape index (κ3) is 4.91. The predicted octanol–water partition coefficient (Wildman–Crippen LogP) is 5.87. The minimum Gasteiger partial charge on any atom is -0.379 e. The molecule has 2 aliphatic heterocycles. The van der Waals surface area contributed by atoms with Crippen molar-refractivity contribution in [3.8, 4) is 0 Å². The number of fused-ring (bicyclic) bond motifs is 1. The quantitative estimate of drug-likeness (QED) is 0.381. The van der Waals surface area contributed by atoms with Crippen molar-refractivity contribution in [3.63, 3.8) is 0 Å². The molecule has 1 unspecified atom stereocenters. The molecular formula is C27H40N4. The minimum absolute atomic E-state index is 0.0693. The van der Waals surface area contributed by atoms with Gasteiger partial charge in [0.1, 0.15) is 5.82 Å². The van der Waals surface area contributed by atoms with E-state index in [1.807, 2.05) is 13.0 Å². The minimum atomic E-state index is -0.162. The van der Waals surface area contributed by atoms with E-state index in [2.05, 4.69) is 67.6 Å². The predicted molar refractivity (Wildman–Crippen MR) is 133 cm³/mol. The van der Waals surface area contributed by atoms with Crippen molar-refractivity contribution in [1.82, 2.24) is 10.2 Å². The molecule has 3 aliphatic rings. The van der Waals surface area contributed by atoms with E-state index in [1.54, 1.807) is 0 Å². The lowest BCUT2D eigenvalue weighted by Gasteiger charge is -2.43. The van der Waals surface area contributed by atoms with Crippen molar-refractivity contribution >= 4 is 5.71 Å². The van der Waals surface area contributed by atoms with Crippen LogP contribution in [-0.4, -0.2) is 28.2 Å². The molecule has 4 nitrogen and oxygen atoms in total. The molecule has 3 N–H and O–H groups in total. The second kappa shape index (κ2) is 9.78. The SMILES string of the molecule is C=C(NC1(C2=CCC3(C)C(=N2)CCCCN3C(N)=C=CC)CC1)C(/C=C\CC)=C/CC. The molecule has 31 heavy (non-hydrogen) atoms. The summed E-state index contributed by atoms with van der Waals surface area (Å²) in [6.07, 6.45) is 19.3. The van der Waals surface area contributed by atoms with E-state index in [0.717, 1.165) is 69.4 Å².